The van der Waals surface area contributed by atoms with Crippen LogP contribution in [0.2, 0.25) is 0 Å². The molecular weight excluding hydrogens is 745 g/mol. The molecule has 0 spiro atoms. The van der Waals surface area contributed by atoms with Gasteiger partial charge < -0.3 is 45.2 Å². The second kappa shape index (κ2) is 18.4. The number of nitrogens with one attached hydrogen (secondary N) is 5. The van der Waals surface area contributed by atoms with Crippen molar-refractivity contribution in [1.82, 2.24) is 40.7 Å². The van der Waals surface area contributed by atoms with Gasteiger partial charge in [0.25, 0.3) is 0 Å². The molecule has 0 bridgehead atoms. The molecule has 0 saturated carbocycles. The van der Waals surface area contributed by atoms with Crippen molar-refractivity contribution in [1.29, 1.82) is 0 Å². The van der Waals surface area contributed by atoms with Crippen LogP contribution in [0.15, 0.2) is 73.3 Å². The molecule has 4 aromatic rings. The van der Waals surface area contributed by atoms with Gasteiger partial charge >= 0.3 is 12.1 Å². The third-order valence-corrected chi connectivity index (χ3v) is 9.81. The molecule has 1 fully saturated rings. The van der Waals surface area contributed by atoms with Gasteiger partial charge in [-0.1, -0.05) is 48.5 Å². The maximum absolute atomic E-state index is 14.1. The number of hydrogen-bond acceptors (Lipinski definition) is 9. The molecule has 5 amide bonds. The van der Waals surface area contributed by atoms with E-state index >= 15 is 0 Å². The number of fused-ring (bicyclic) bond motifs is 1. The van der Waals surface area contributed by atoms with Gasteiger partial charge in [0.2, 0.25) is 23.6 Å². The van der Waals surface area contributed by atoms with Gasteiger partial charge in [-0.2, -0.15) is 0 Å². The molecule has 0 unspecified atom stereocenters. The molecule has 1 saturated heterocycles. The fourth-order valence-electron chi connectivity index (χ4n) is 6.91. The number of aromatic amines is 1. The highest BCUT2D eigenvalue weighted by Gasteiger charge is 2.42. The second-order valence-electron chi connectivity index (χ2n) is 16.1. The van der Waals surface area contributed by atoms with Gasteiger partial charge in [0.1, 0.15) is 35.3 Å². The van der Waals surface area contributed by atoms with E-state index in [-0.39, 0.29) is 25.8 Å². The maximum atomic E-state index is 14.1. The quantitative estimate of drug-likeness (QED) is 0.112. The van der Waals surface area contributed by atoms with Gasteiger partial charge in [-0.05, 0) is 64.7 Å². The molecule has 5 N–H and O–H groups in total. The average molecular weight is 799 g/mol. The lowest BCUT2D eigenvalue weighted by Gasteiger charge is -2.33. The number of para-hydroxylation sites is 1. The average Bonchev–Trinajstić information content (AvgIpc) is 3.93. The van der Waals surface area contributed by atoms with Crippen molar-refractivity contribution in [2.75, 3.05) is 13.7 Å². The Morgan fingerprint density at radius 1 is 0.879 bits per heavy atom. The topological polar surface area (TPSA) is 206 Å². The van der Waals surface area contributed by atoms with Crippen LogP contribution < -0.4 is 21.3 Å². The molecule has 16 nitrogen and oxygen atoms in total. The van der Waals surface area contributed by atoms with E-state index in [1.807, 2.05) is 54.6 Å². The van der Waals surface area contributed by atoms with Crippen molar-refractivity contribution in [2.24, 2.45) is 7.05 Å². The number of aryl methyl sites for hydroxylation is 1. The zero-order valence-corrected chi connectivity index (χ0v) is 34.1. The van der Waals surface area contributed by atoms with Crippen molar-refractivity contribution < 1.29 is 38.2 Å². The number of carbonyl (C=O) groups is 6. The molecule has 1 aliphatic heterocycles. The van der Waals surface area contributed by atoms with E-state index in [0.717, 1.165) is 22.0 Å². The lowest BCUT2D eigenvalue weighted by molar-refractivity contribution is -0.145. The maximum Gasteiger partial charge on any atom is 0.408 e. The van der Waals surface area contributed by atoms with Crippen molar-refractivity contribution in [3.63, 3.8) is 0 Å². The monoisotopic (exact) mass is 798 g/mol. The smallest absolute Gasteiger partial charge is 0.408 e. The number of amides is 5. The van der Waals surface area contributed by atoms with E-state index in [2.05, 4.69) is 31.2 Å². The minimum atomic E-state index is -1.57. The summed E-state index contributed by atoms with van der Waals surface area (Å²) in [6, 6.07) is 12.4. The van der Waals surface area contributed by atoms with Crippen molar-refractivity contribution in [3.8, 4) is 0 Å². The highest BCUT2D eigenvalue weighted by Crippen LogP contribution is 2.23. The number of imidazole rings is 1. The van der Waals surface area contributed by atoms with E-state index in [9.17, 15) is 28.8 Å². The zero-order valence-electron chi connectivity index (χ0n) is 34.1. The summed E-state index contributed by atoms with van der Waals surface area (Å²) >= 11 is 0. The number of carbonyl (C=O) groups excluding carboxylic acids is 6. The molecule has 16 heteroatoms. The number of benzene rings is 2. The molecule has 5 rings (SSSR count). The first-order valence-electron chi connectivity index (χ1n) is 19.3. The predicted octanol–water partition coefficient (Wildman–Crippen LogP) is 2.85. The summed E-state index contributed by atoms with van der Waals surface area (Å²) in [5, 5.41) is 11.9. The van der Waals surface area contributed by atoms with E-state index in [4.69, 9.17) is 9.47 Å². The van der Waals surface area contributed by atoms with Crippen LogP contribution in [0.25, 0.3) is 10.9 Å². The zero-order chi connectivity index (χ0) is 42.2. The lowest BCUT2D eigenvalue weighted by atomic mass is 9.99. The van der Waals surface area contributed by atoms with Crippen LogP contribution in [-0.2, 0) is 59.8 Å². The minimum Gasteiger partial charge on any atom is -0.467 e. The number of likely N-dealkylation sites (tertiary alicyclic amines) is 1. The molecule has 1 aliphatic rings. The number of methoxy groups -OCH3 is 1. The summed E-state index contributed by atoms with van der Waals surface area (Å²) in [7, 11) is 3.02. The Morgan fingerprint density at radius 3 is 2.26 bits per heavy atom. The standard InChI is InChI=1S/C42H54N8O8/c1-41(2,3)58-40(56)47-32(22-28-24-49(6)25-44-28)37(53)50-19-13-18-34(50)36(52)48-42(4,5)39(55)46-31(21-27-23-43-30-17-12-11-16-29(27)30)35(51)45-33(38(54)57-7)20-26-14-9-8-10-15-26/h8-12,14-17,23-25,31-34,43H,13,18-22H2,1-7H3,(H,45,51)(H,46,55)(H,47,56)(H,48,52)/t31-,32+,33-,34-/m1/s1. The molecule has 4 atom stereocenters. The molecule has 0 radical (unpaired) electrons. The number of hydrogen-bond donors (Lipinski definition) is 5. The van der Waals surface area contributed by atoms with E-state index in [0.29, 0.717) is 18.5 Å². The Labute approximate surface area is 337 Å². The highest BCUT2D eigenvalue weighted by molar-refractivity contribution is 5.98. The van der Waals surface area contributed by atoms with Crippen molar-refractivity contribution >= 4 is 46.6 Å². The normalized spacial score (nSPS) is 15.8. The van der Waals surface area contributed by atoms with Gasteiger partial charge in [0, 0.05) is 56.2 Å². The Kier molecular flexibility index (Phi) is 13.6. The van der Waals surface area contributed by atoms with Crippen LogP contribution in [0.5, 0.6) is 0 Å². The number of alkyl carbamates (subject to hydrolysis) is 1. The molecule has 58 heavy (non-hydrogen) atoms. The van der Waals surface area contributed by atoms with E-state index < -0.39 is 71.0 Å². The fraction of sp³-hybridized carbons (Fsp3) is 0.452. The molecule has 2 aromatic carbocycles. The van der Waals surface area contributed by atoms with Crippen LogP contribution in [-0.4, -0.2) is 104 Å². The Morgan fingerprint density at radius 2 is 1.59 bits per heavy atom. The molecule has 0 aliphatic carbocycles. The lowest BCUT2D eigenvalue weighted by Crippen LogP contribution is -2.63. The number of esters is 1. The number of nitrogens with zero attached hydrogens (tertiary/aromatic N) is 3. The minimum absolute atomic E-state index is 0.0536. The van der Waals surface area contributed by atoms with Gasteiger partial charge in [0.15, 0.2) is 0 Å². The molecule has 2 aromatic heterocycles. The third-order valence-electron chi connectivity index (χ3n) is 9.81. The second-order valence-corrected chi connectivity index (χ2v) is 16.1. The number of H-pyrrole nitrogens is 1. The fourth-order valence-corrected chi connectivity index (χ4v) is 6.91. The molecule has 310 valence electrons. The van der Waals surface area contributed by atoms with Crippen LogP contribution in [0.1, 0.15) is 64.3 Å². The molecular formula is C42H54N8O8. The largest absolute Gasteiger partial charge is 0.467 e. The van der Waals surface area contributed by atoms with Crippen LogP contribution in [0.4, 0.5) is 4.79 Å². The first kappa shape index (κ1) is 42.9. The van der Waals surface area contributed by atoms with Crippen molar-refractivity contribution in [3.05, 3.63) is 90.1 Å². The SMILES string of the molecule is COC(=O)[C@@H](Cc1ccccc1)NC(=O)[C@@H](Cc1c[nH]c2ccccc12)NC(=O)C(C)(C)NC(=O)[C@H]1CCCN1C(=O)[C@H](Cc1cn(C)cn1)NC(=O)OC(C)(C)C. The van der Waals surface area contributed by atoms with Crippen LogP contribution in [0, 0.1) is 0 Å². The molecule has 3 heterocycles. The highest BCUT2D eigenvalue weighted by atomic mass is 16.6. The van der Waals surface area contributed by atoms with E-state index in [1.54, 1.807) is 51.1 Å². The first-order chi connectivity index (χ1) is 27.4. The van der Waals surface area contributed by atoms with Gasteiger partial charge in [-0.15, -0.1) is 0 Å². The summed E-state index contributed by atoms with van der Waals surface area (Å²) in [6.45, 7) is 8.38. The number of rotatable bonds is 15. The Bertz CT molecular complexity index is 2100. The van der Waals surface area contributed by atoms with Gasteiger partial charge in [0.05, 0.1) is 19.1 Å². The number of ether oxygens (including phenoxy) is 2. The van der Waals surface area contributed by atoms with E-state index in [1.165, 1.54) is 25.9 Å². The van der Waals surface area contributed by atoms with Crippen molar-refractivity contribution in [2.45, 2.75) is 102 Å². The van der Waals surface area contributed by atoms with Crippen LogP contribution in [0.3, 0.4) is 0 Å². The summed E-state index contributed by atoms with van der Waals surface area (Å²) < 4.78 is 12.2. The summed E-state index contributed by atoms with van der Waals surface area (Å²) in [5.41, 5.74) is 0.551. The summed E-state index contributed by atoms with van der Waals surface area (Å²) in [4.78, 5) is 90.9. The summed E-state index contributed by atoms with van der Waals surface area (Å²) in [5.74, 6) is -3.03. The number of aromatic nitrogens is 3. The van der Waals surface area contributed by atoms with Gasteiger partial charge in [-0.25, -0.2) is 14.6 Å². The Hall–Kier alpha value is -6.19. The Balaban J connectivity index is 1.33. The van der Waals surface area contributed by atoms with Gasteiger partial charge in [-0.3, -0.25) is 19.2 Å². The predicted molar refractivity (Wildman–Crippen MR) is 215 cm³/mol. The summed E-state index contributed by atoms with van der Waals surface area (Å²) in [6.07, 6.45) is 5.38. The van der Waals surface area contributed by atoms with Crippen LogP contribution >= 0.6 is 0 Å². The third kappa shape index (κ3) is 11.2. The first-order valence-corrected chi connectivity index (χ1v) is 19.3.